The van der Waals surface area contributed by atoms with Crippen molar-refractivity contribution in [2.24, 2.45) is 5.92 Å². The van der Waals surface area contributed by atoms with E-state index in [1.54, 1.807) is 14.0 Å². The van der Waals surface area contributed by atoms with Gasteiger partial charge < -0.3 is 16.0 Å². The second-order valence-corrected chi connectivity index (χ2v) is 9.28. The second-order valence-electron chi connectivity index (χ2n) is 9.28. The Hall–Kier alpha value is -2.93. The monoisotopic (exact) mass is 463 g/mol. The first-order valence-electron chi connectivity index (χ1n) is 12.4. The summed E-state index contributed by atoms with van der Waals surface area (Å²) in [6.07, 6.45) is 7.08. The summed E-state index contributed by atoms with van der Waals surface area (Å²) in [4.78, 5) is 35.2. The summed E-state index contributed by atoms with van der Waals surface area (Å²) in [5, 5.41) is 14.8. The van der Waals surface area contributed by atoms with Gasteiger partial charge in [0.05, 0.1) is 29.2 Å². The van der Waals surface area contributed by atoms with E-state index in [2.05, 4.69) is 20.6 Å². The molecule has 0 aliphatic heterocycles. The van der Waals surface area contributed by atoms with Crippen molar-refractivity contribution in [3.8, 4) is 11.3 Å². The average molecular weight is 464 g/mol. The van der Waals surface area contributed by atoms with Crippen LogP contribution in [0.3, 0.4) is 0 Å². The maximum absolute atomic E-state index is 13.7. The predicted octanol–water partition coefficient (Wildman–Crippen LogP) is 4.21. The van der Waals surface area contributed by atoms with Crippen LogP contribution in [0.25, 0.3) is 11.3 Å². The lowest BCUT2D eigenvalue weighted by Crippen LogP contribution is -2.53. The van der Waals surface area contributed by atoms with E-state index in [-0.39, 0.29) is 23.3 Å². The molecule has 3 N–H and O–H groups in total. The van der Waals surface area contributed by atoms with E-state index in [9.17, 15) is 9.59 Å². The third-order valence-corrected chi connectivity index (χ3v) is 7.02. The summed E-state index contributed by atoms with van der Waals surface area (Å²) in [7, 11) is 1.72. The zero-order valence-electron chi connectivity index (χ0n) is 20.7. The van der Waals surface area contributed by atoms with Crippen LogP contribution in [0.5, 0.6) is 0 Å². The lowest BCUT2D eigenvalue weighted by Gasteiger charge is -2.31. The van der Waals surface area contributed by atoms with Crippen molar-refractivity contribution in [2.75, 3.05) is 7.05 Å². The van der Waals surface area contributed by atoms with Crippen molar-refractivity contribution in [1.82, 2.24) is 20.6 Å². The van der Waals surface area contributed by atoms with E-state index in [0.717, 1.165) is 48.9 Å². The number of aromatic nitrogens is 2. The molecule has 1 aliphatic rings. The van der Waals surface area contributed by atoms with E-state index < -0.39 is 18.0 Å². The summed E-state index contributed by atoms with van der Waals surface area (Å²) >= 11 is 0. The fourth-order valence-corrected chi connectivity index (χ4v) is 4.75. The molecule has 0 saturated heterocycles. The maximum atomic E-state index is 13.7. The molecule has 1 aromatic carbocycles. The molecule has 7 nitrogen and oxygen atoms in total. The SMILES string of the molecule is CCC(C(=N)C(=O)C(NC(=O)C(C)NC)C1CCCCC1)c1cc(-c2ccccc2C)ncn1. The van der Waals surface area contributed by atoms with Gasteiger partial charge in [-0.05, 0) is 57.7 Å². The number of hydrogen-bond donors (Lipinski definition) is 3. The number of aryl methyl sites for hydroxylation is 1. The highest BCUT2D eigenvalue weighted by Gasteiger charge is 2.36. The quantitative estimate of drug-likeness (QED) is 0.458. The van der Waals surface area contributed by atoms with Crippen LogP contribution in [0.4, 0.5) is 0 Å². The van der Waals surface area contributed by atoms with Crippen LogP contribution in [0.2, 0.25) is 0 Å². The second kappa shape index (κ2) is 12.0. The van der Waals surface area contributed by atoms with Gasteiger partial charge in [0.15, 0.2) is 5.78 Å². The van der Waals surface area contributed by atoms with Gasteiger partial charge in [-0.2, -0.15) is 0 Å². The van der Waals surface area contributed by atoms with E-state index in [1.807, 2.05) is 44.2 Å². The van der Waals surface area contributed by atoms with Crippen molar-refractivity contribution in [3.05, 3.63) is 47.9 Å². The van der Waals surface area contributed by atoms with Gasteiger partial charge in [0.1, 0.15) is 6.33 Å². The van der Waals surface area contributed by atoms with Crippen LogP contribution in [0, 0.1) is 18.3 Å². The third-order valence-electron chi connectivity index (χ3n) is 7.02. The number of carbonyl (C=O) groups is 2. The zero-order valence-corrected chi connectivity index (χ0v) is 20.7. The average Bonchev–Trinajstić information content (AvgIpc) is 2.87. The first-order valence-corrected chi connectivity index (χ1v) is 12.4. The van der Waals surface area contributed by atoms with Crippen molar-refractivity contribution in [2.45, 2.75) is 77.3 Å². The number of Topliss-reactive ketones (excluding diaryl/α,β-unsaturated/α-hetero) is 1. The Kier molecular flexibility index (Phi) is 9.05. The van der Waals surface area contributed by atoms with Gasteiger partial charge >= 0.3 is 0 Å². The minimum Gasteiger partial charge on any atom is -0.344 e. The Morgan fingerprint density at radius 1 is 1.15 bits per heavy atom. The number of nitrogens with one attached hydrogen (secondary N) is 3. The summed E-state index contributed by atoms with van der Waals surface area (Å²) in [6, 6.07) is 8.79. The molecule has 34 heavy (non-hydrogen) atoms. The zero-order chi connectivity index (χ0) is 24.7. The number of carbonyl (C=O) groups excluding carboxylic acids is 2. The normalized spacial score (nSPS) is 16.9. The Bertz CT molecular complexity index is 1020. The lowest BCUT2D eigenvalue weighted by molar-refractivity contribution is -0.127. The van der Waals surface area contributed by atoms with Crippen LogP contribution in [0.1, 0.15) is 69.5 Å². The Morgan fingerprint density at radius 2 is 1.85 bits per heavy atom. The molecular weight excluding hydrogens is 426 g/mol. The van der Waals surface area contributed by atoms with Crippen LogP contribution in [0.15, 0.2) is 36.7 Å². The molecule has 3 unspecified atom stereocenters. The Morgan fingerprint density at radius 3 is 2.50 bits per heavy atom. The van der Waals surface area contributed by atoms with E-state index in [1.165, 1.54) is 6.33 Å². The van der Waals surface area contributed by atoms with Crippen LogP contribution in [-0.4, -0.2) is 46.5 Å². The molecule has 1 saturated carbocycles. The highest BCUT2D eigenvalue weighted by molar-refractivity contribution is 6.42. The number of ketones is 1. The van der Waals surface area contributed by atoms with Crippen molar-refractivity contribution in [3.63, 3.8) is 0 Å². The van der Waals surface area contributed by atoms with Crippen molar-refractivity contribution < 1.29 is 9.59 Å². The van der Waals surface area contributed by atoms with Crippen LogP contribution < -0.4 is 10.6 Å². The number of rotatable bonds is 10. The highest BCUT2D eigenvalue weighted by atomic mass is 16.2. The van der Waals surface area contributed by atoms with E-state index in [0.29, 0.717) is 12.1 Å². The Balaban J connectivity index is 1.88. The molecule has 1 aromatic heterocycles. The minimum absolute atomic E-state index is 0.00455. The molecule has 3 rings (SSSR count). The minimum atomic E-state index is -0.678. The van der Waals surface area contributed by atoms with Gasteiger partial charge in [0, 0.05) is 11.5 Å². The van der Waals surface area contributed by atoms with Gasteiger partial charge in [-0.15, -0.1) is 0 Å². The summed E-state index contributed by atoms with van der Waals surface area (Å²) < 4.78 is 0. The maximum Gasteiger partial charge on any atom is 0.237 e. The molecule has 3 atom stereocenters. The number of hydrogen-bond acceptors (Lipinski definition) is 6. The highest BCUT2D eigenvalue weighted by Crippen LogP contribution is 2.30. The molecular formula is C27H37N5O2. The van der Waals surface area contributed by atoms with Gasteiger partial charge in [-0.1, -0.05) is 50.5 Å². The molecule has 182 valence electrons. The Labute approximate surface area is 202 Å². The number of likely N-dealkylation sites (N-methyl/N-ethyl adjacent to an activating group) is 1. The standard InChI is InChI=1S/C27H37N5O2/c1-5-20(22-15-23(31-16-30-22)21-14-10-9-11-17(21)2)24(28)26(33)25(19-12-7-6-8-13-19)32-27(34)18(3)29-4/h9-11,14-16,18-20,25,28-29H,5-8,12-13H2,1-4H3,(H,32,34). The van der Waals surface area contributed by atoms with Gasteiger partial charge in [0.2, 0.25) is 5.91 Å². The number of amides is 1. The molecule has 0 spiro atoms. The van der Waals surface area contributed by atoms with Gasteiger partial charge in [-0.25, -0.2) is 9.97 Å². The topological polar surface area (TPSA) is 108 Å². The largest absolute Gasteiger partial charge is 0.344 e. The summed E-state index contributed by atoms with van der Waals surface area (Å²) in [5.74, 6) is -0.911. The van der Waals surface area contributed by atoms with E-state index in [4.69, 9.17) is 5.41 Å². The molecule has 1 heterocycles. The molecule has 1 amide bonds. The molecule has 7 heteroatoms. The van der Waals surface area contributed by atoms with Gasteiger partial charge in [0.25, 0.3) is 0 Å². The van der Waals surface area contributed by atoms with Gasteiger partial charge in [-0.3, -0.25) is 9.59 Å². The summed E-state index contributed by atoms with van der Waals surface area (Å²) in [5.41, 5.74) is 3.55. The predicted molar refractivity (Wildman–Crippen MR) is 135 cm³/mol. The summed E-state index contributed by atoms with van der Waals surface area (Å²) in [6.45, 7) is 5.76. The fourth-order valence-electron chi connectivity index (χ4n) is 4.75. The number of nitrogens with zero attached hydrogens (tertiary/aromatic N) is 2. The molecule has 1 aliphatic carbocycles. The van der Waals surface area contributed by atoms with Crippen LogP contribution in [-0.2, 0) is 9.59 Å². The smallest absolute Gasteiger partial charge is 0.237 e. The molecule has 0 bridgehead atoms. The molecule has 0 radical (unpaired) electrons. The van der Waals surface area contributed by atoms with Crippen molar-refractivity contribution in [1.29, 1.82) is 5.41 Å². The lowest BCUT2D eigenvalue weighted by atomic mass is 9.79. The fraction of sp³-hybridized carbons (Fsp3) is 0.519. The van der Waals surface area contributed by atoms with Crippen LogP contribution >= 0.6 is 0 Å². The van der Waals surface area contributed by atoms with Crippen molar-refractivity contribution >= 4 is 17.4 Å². The first-order chi connectivity index (χ1) is 16.4. The molecule has 1 fully saturated rings. The number of benzene rings is 1. The first kappa shape index (κ1) is 25.7. The molecule has 2 aromatic rings. The van der Waals surface area contributed by atoms with E-state index >= 15 is 0 Å². The third kappa shape index (κ3) is 5.95.